The van der Waals surface area contributed by atoms with Crippen LogP contribution in [0.1, 0.15) is 65.4 Å². The lowest BCUT2D eigenvalue weighted by Crippen LogP contribution is -2.48. The third-order valence-corrected chi connectivity index (χ3v) is 6.88. The lowest BCUT2D eigenvalue weighted by molar-refractivity contribution is 0.0513. The van der Waals surface area contributed by atoms with Crippen LogP contribution in [-0.2, 0) is 10.2 Å². The number of aliphatic hydroxyl groups is 1. The van der Waals surface area contributed by atoms with Gasteiger partial charge in [0.2, 0.25) is 0 Å². The van der Waals surface area contributed by atoms with Gasteiger partial charge in [-0.3, -0.25) is 4.99 Å². The maximum absolute atomic E-state index is 9.52. The average molecular weight is 562 g/mol. The molecule has 0 radical (unpaired) electrons. The van der Waals surface area contributed by atoms with Crippen molar-refractivity contribution in [2.45, 2.75) is 65.2 Å². The summed E-state index contributed by atoms with van der Waals surface area (Å²) in [6.45, 7) is 13.3. The molecule has 1 aliphatic heterocycles. The Morgan fingerprint density at radius 1 is 1.09 bits per heavy atom. The SMILES string of the molecule is CCNC(=NCC(CC)(CC)CCO)NCC1(c2ccc(OCC)cc2)CCOCC1.I. The Morgan fingerprint density at radius 3 is 2.28 bits per heavy atom. The van der Waals surface area contributed by atoms with Gasteiger partial charge in [-0.1, -0.05) is 26.0 Å². The predicted molar refractivity (Wildman–Crippen MR) is 143 cm³/mol. The monoisotopic (exact) mass is 561 g/mol. The van der Waals surface area contributed by atoms with Crippen molar-refractivity contribution in [1.29, 1.82) is 0 Å². The van der Waals surface area contributed by atoms with Gasteiger partial charge in [-0.25, -0.2) is 0 Å². The molecule has 0 atom stereocenters. The second-order valence-electron chi connectivity index (χ2n) is 8.58. The summed E-state index contributed by atoms with van der Waals surface area (Å²) in [7, 11) is 0. The van der Waals surface area contributed by atoms with Gasteiger partial charge in [-0.15, -0.1) is 24.0 Å². The van der Waals surface area contributed by atoms with Gasteiger partial charge in [0.05, 0.1) is 6.61 Å². The van der Waals surface area contributed by atoms with E-state index in [1.165, 1.54) is 5.56 Å². The molecule has 1 saturated heterocycles. The van der Waals surface area contributed by atoms with Crippen LogP contribution in [-0.4, -0.2) is 57.1 Å². The van der Waals surface area contributed by atoms with Crippen molar-refractivity contribution in [3.05, 3.63) is 29.8 Å². The van der Waals surface area contributed by atoms with Gasteiger partial charge in [0.1, 0.15) is 5.75 Å². The number of halogens is 1. The summed E-state index contributed by atoms with van der Waals surface area (Å²) in [5.41, 5.74) is 1.39. The van der Waals surface area contributed by atoms with Crippen molar-refractivity contribution in [1.82, 2.24) is 10.6 Å². The minimum atomic E-state index is 0. The number of hydrogen-bond donors (Lipinski definition) is 3. The number of aliphatic imine (C=N–C) groups is 1. The lowest BCUT2D eigenvalue weighted by atomic mass is 9.74. The van der Waals surface area contributed by atoms with Crippen LogP contribution in [0.5, 0.6) is 5.75 Å². The first-order valence-corrected chi connectivity index (χ1v) is 12.0. The summed E-state index contributed by atoms with van der Waals surface area (Å²) >= 11 is 0. The number of nitrogens with one attached hydrogen (secondary N) is 2. The molecule has 0 bridgehead atoms. The first-order valence-electron chi connectivity index (χ1n) is 12.0. The molecule has 0 aromatic heterocycles. The Morgan fingerprint density at radius 2 is 1.75 bits per heavy atom. The molecule has 1 fully saturated rings. The van der Waals surface area contributed by atoms with Crippen LogP contribution in [0.4, 0.5) is 0 Å². The van der Waals surface area contributed by atoms with E-state index in [1.54, 1.807) is 0 Å². The second-order valence-corrected chi connectivity index (χ2v) is 8.58. The number of hydrogen-bond acceptors (Lipinski definition) is 4. The van der Waals surface area contributed by atoms with Gasteiger partial charge in [0.15, 0.2) is 5.96 Å². The summed E-state index contributed by atoms with van der Waals surface area (Å²) < 4.78 is 11.3. The fraction of sp³-hybridized carbons (Fsp3) is 0.720. The topological polar surface area (TPSA) is 75.1 Å². The molecule has 0 unspecified atom stereocenters. The molecule has 32 heavy (non-hydrogen) atoms. The molecule has 1 aromatic rings. The standard InChI is InChI=1S/C25H43N3O3.HI/c1-5-24(6-2,13-16-29)19-27-23(26-7-3)28-20-25(14-17-30-18-15-25)21-9-11-22(12-10-21)31-8-4;/h9-12,29H,5-8,13-20H2,1-4H3,(H2,26,27,28);1H. The highest BCUT2D eigenvalue weighted by molar-refractivity contribution is 14.0. The second kappa shape index (κ2) is 15.0. The van der Waals surface area contributed by atoms with E-state index in [0.29, 0.717) is 6.61 Å². The third-order valence-electron chi connectivity index (χ3n) is 6.88. The number of ether oxygens (including phenoxy) is 2. The Balaban J connectivity index is 0.00000512. The highest BCUT2D eigenvalue weighted by Crippen LogP contribution is 2.35. The van der Waals surface area contributed by atoms with E-state index in [1.807, 2.05) is 6.92 Å². The highest BCUT2D eigenvalue weighted by Gasteiger charge is 2.35. The number of guanidine groups is 1. The zero-order chi connectivity index (χ0) is 22.6. The van der Waals surface area contributed by atoms with E-state index in [4.69, 9.17) is 14.5 Å². The zero-order valence-corrected chi connectivity index (χ0v) is 22.7. The minimum Gasteiger partial charge on any atom is -0.494 e. The Bertz CT molecular complexity index is 657. The van der Waals surface area contributed by atoms with Crippen LogP contribution in [0.2, 0.25) is 0 Å². The molecule has 0 aliphatic carbocycles. The number of benzene rings is 1. The summed E-state index contributed by atoms with van der Waals surface area (Å²) in [5, 5.41) is 16.5. The van der Waals surface area contributed by atoms with Gasteiger partial charge in [0.25, 0.3) is 0 Å². The first-order chi connectivity index (χ1) is 15.1. The fourth-order valence-electron chi connectivity index (χ4n) is 4.39. The van der Waals surface area contributed by atoms with Crippen LogP contribution in [0.3, 0.4) is 0 Å². The fourth-order valence-corrected chi connectivity index (χ4v) is 4.39. The third kappa shape index (κ3) is 8.06. The molecule has 7 heteroatoms. The van der Waals surface area contributed by atoms with E-state index in [0.717, 1.165) is 76.7 Å². The largest absolute Gasteiger partial charge is 0.494 e. The van der Waals surface area contributed by atoms with Crippen molar-refractivity contribution < 1.29 is 14.6 Å². The first kappa shape index (κ1) is 29.0. The number of aliphatic hydroxyl groups excluding tert-OH is 1. The van der Waals surface area contributed by atoms with Crippen molar-refractivity contribution in [2.24, 2.45) is 10.4 Å². The molecule has 1 aliphatic rings. The van der Waals surface area contributed by atoms with Crippen LogP contribution in [0, 0.1) is 5.41 Å². The molecular formula is C25H44IN3O3. The Hall–Kier alpha value is -1.06. The number of nitrogens with zero attached hydrogens (tertiary/aromatic N) is 1. The predicted octanol–water partition coefficient (Wildman–Crippen LogP) is 4.50. The van der Waals surface area contributed by atoms with Crippen LogP contribution in [0.15, 0.2) is 29.3 Å². The summed E-state index contributed by atoms with van der Waals surface area (Å²) in [6.07, 6.45) is 4.77. The molecule has 1 heterocycles. The molecule has 0 spiro atoms. The van der Waals surface area contributed by atoms with Gasteiger partial charge >= 0.3 is 0 Å². The van der Waals surface area contributed by atoms with Gasteiger partial charge < -0.3 is 25.2 Å². The van der Waals surface area contributed by atoms with Crippen LogP contribution >= 0.6 is 24.0 Å². The molecule has 1 aromatic carbocycles. The van der Waals surface area contributed by atoms with E-state index in [9.17, 15) is 5.11 Å². The van der Waals surface area contributed by atoms with Crippen LogP contribution in [0.25, 0.3) is 0 Å². The lowest BCUT2D eigenvalue weighted by Gasteiger charge is -2.38. The summed E-state index contributed by atoms with van der Waals surface area (Å²) in [4.78, 5) is 4.93. The van der Waals surface area contributed by atoms with E-state index in [2.05, 4.69) is 55.7 Å². The Kier molecular flexibility index (Phi) is 13.5. The maximum atomic E-state index is 9.52. The van der Waals surface area contributed by atoms with Crippen molar-refractivity contribution in [2.75, 3.05) is 46.1 Å². The minimum absolute atomic E-state index is 0. The van der Waals surface area contributed by atoms with Gasteiger partial charge in [-0.2, -0.15) is 0 Å². The molecular weight excluding hydrogens is 517 g/mol. The molecule has 0 saturated carbocycles. The normalized spacial score (nSPS) is 16.2. The molecule has 2 rings (SSSR count). The molecule has 6 nitrogen and oxygen atoms in total. The number of rotatable bonds is 12. The summed E-state index contributed by atoms with van der Waals surface area (Å²) in [5.74, 6) is 1.76. The van der Waals surface area contributed by atoms with E-state index in [-0.39, 0.29) is 41.4 Å². The van der Waals surface area contributed by atoms with Crippen molar-refractivity contribution in [3.63, 3.8) is 0 Å². The van der Waals surface area contributed by atoms with E-state index >= 15 is 0 Å². The van der Waals surface area contributed by atoms with Crippen molar-refractivity contribution >= 4 is 29.9 Å². The average Bonchev–Trinajstić information content (AvgIpc) is 2.81. The summed E-state index contributed by atoms with van der Waals surface area (Å²) in [6, 6.07) is 8.53. The maximum Gasteiger partial charge on any atom is 0.191 e. The van der Waals surface area contributed by atoms with Crippen molar-refractivity contribution in [3.8, 4) is 5.75 Å². The Labute approximate surface area is 212 Å². The molecule has 3 N–H and O–H groups in total. The highest BCUT2D eigenvalue weighted by atomic mass is 127. The van der Waals surface area contributed by atoms with Crippen LogP contribution < -0.4 is 15.4 Å². The molecule has 184 valence electrons. The zero-order valence-electron chi connectivity index (χ0n) is 20.4. The van der Waals surface area contributed by atoms with Gasteiger partial charge in [0, 0.05) is 44.9 Å². The van der Waals surface area contributed by atoms with Gasteiger partial charge in [-0.05, 0) is 69.1 Å². The van der Waals surface area contributed by atoms with E-state index < -0.39 is 0 Å². The quantitative estimate of drug-likeness (QED) is 0.199. The smallest absolute Gasteiger partial charge is 0.191 e. The molecule has 0 amide bonds.